The van der Waals surface area contributed by atoms with E-state index in [4.69, 9.17) is 5.26 Å². The minimum atomic E-state index is -0.385. The molecule has 7 heteroatoms. The van der Waals surface area contributed by atoms with Crippen molar-refractivity contribution in [3.05, 3.63) is 59.2 Å². The Balaban J connectivity index is 2.12. The van der Waals surface area contributed by atoms with E-state index in [2.05, 4.69) is 16.1 Å². The first kappa shape index (κ1) is 20.9. The average Bonchev–Trinajstić information content (AvgIpc) is 2.72. The number of urea groups is 1. The van der Waals surface area contributed by atoms with E-state index in [-0.39, 0.29) is 31.6 Å². The number of aliphatic hydroxyl groups excluding tert-OH is 1. The molecule has 146 valence electrons. The number of ether oxygens (including phenoxy) is 1. The first-order valence-corrected chi connectivity index (χ1v) is 8.84. The van der Waals surface area contributed by atoms with Gasteiger partial charge >= 0.3 is 12.0 Å². The number of anilines is 2. The molecular formula is C21H23N3O4. The van der Waals surface area contributed by atoms with Gasteiger partial charge in [-0.25, -0.2) is 4.79 Å². The highest BCUT2D eigenvalue weighted by Crippen LogP contribution is 2.20. The topological polar surface area (TPSA) is 103 Å². The summed E-state index contributed by atoms with van der Waals surface area (Å²) >= 11 is 0. The van der Waals surface area contributed by atoms with Crippen LogP contribution in [0.1, 0.15) is 23.1 Å². The highest BCUT2D eigenvalue weighted by atomic mass is 16.5. The van der Waals surface area contributed by atoms with Crippen LogP contribution in [0, 0.1) is 18.3 Å². The number of nitriles is 1. The molecule has 0 saturated carbocycles. The van der Waals surface area contributed by atoms with Crippen LogP contribution in [0.4, 0.5) is 16.2 Å². The molecule has 0 radical (unpaired) electrons. The summed E-state index contributed by atoms with van der Waals surface area (Å²) in [6.07, 6.45) is 0.832. The summed E-state index contributed by atoms with van der Waals surface area (Å²) in [5.41, 5.74) is 3.46. The summed E-state index contributed by atoms with van der Waals surface area (Å²) < 4.78 is 4.63. The van der Waals surface area contributed by atoms with E-state index in [0.717, 1.165) is 11.1 Å². The lowest BCUT2D eigenvalue weighted by molar-refractivity contribution is -0.140. The van der Waals surface area contributed by atoms with Crippen molar-refractivity contribution >= 4 is 23.4 Å². The third kappa shape index (κ3) is 5.56. The molecule has 0 unspecified atom stereocenters. The number of aliphatic hydroxyl groups is 1. The Morgan fingerprint density at radius 3 is 2.50 bits per heavy atom. The van der Waals surface area contributed by atoms with E-state index in [1.165, 1.54) is 12.0 Å². The lowest BCUT2D eigenvalue weighted by atomic mass is 10.1. The first-order valence-electron chi connectivity index (χ1n) is 8.84. The molecule has 0 atom stereocenters. The first-order chi connectivity index (χ1) is 13.5. The van der Waals surface area contributed by atoms with Crippen molar-refractivity contribution in [2.24, 2.45) is 0 Å². The number of nitrogens with one attached hydrogen (secondary N) is 1. The minimum absolute atomic E-state index is 0.128. The number of aryl methyl sites for hydroxylation is 2. The van der Waals surface area contributed by atoms with Crippen LogP contribution in [-0.2, 0) is 16.0 Å². The van der Waals surface area contributed by atoms with E-state index in [0.29, 0.717) is 23.4 Å². The maximum Gasteiger partial charge on any atom is 0.326 e. The smallest absolute Gasteiger partial charge is 0.326 e. The number of amides is 2. The van der Waals surface area contributed by atoms with Crippen molar-refractivity contribution in [3.63, 3.8) is 0 Å². The Labute approximate surface area is 164 Å². The van der Waals surface area contributed by atoms with Crippen molar-refractivity contribution in [2.75, 3.05) is 30.5 Å². The number of methoxy groups -OCH3 is 1. The second-order valence-electron chi connectivity index (χ2n) is 6.19. The van der Waals surface area contributed by atoms with Gasteiger partial charge in [-0.05, 0) is 54.8 Å². The van der Waals surface area contributed by atoms with Gasteiger partial charge < -0.3 is 15.2 Å². The molecule has 0 fully saturated rings. The Kier molecular flexibility index (Phi) is 7.55. The molecule has 0 spiro atoms. The molecule has 2 amide bonds. The zero-order valence-corrected chi connectivity index (χ0v) is 15.9. The maximum atomic E-state index is 12.7. The molecule has 28 heavy (non-hydrogen) atoms. The molecule has 2 aromatic carbocycles. The third-order valence-corrected chi connectivity index (χ3v) is 4.26. The number of rotatable bonds is 7. The number of hydrogen-bond acceptors (Lipinski definition) is 5. The second kappa shape index (κ2) is 10.1. The summed E-state index contributed by atoms with van der Waals surface area (Å²) in [5, 5.41) is 21.1. The van der Waals surface area contributed by atoms with Gasteiger partial charge in [0.2, 0.25) is 0 Å². The lowest BCUT2D eigenvalue weighted by Gasteiger charge is -2.23. The van der Waals surface area contributed by atoms with Gasteiger partial charge in [0.05, 0.1) is 31.9 Å². The van der Waals surface area contributed by atoms with E-state index >= 15 is 0 Å². The molecule has 0 aromatic heterocycles. The van der Waals surface area contributed by atoms with Crippen molar-refractivity contribution in [3.8, 4) is 6.07 Å². The quantitative estimate of drug-likeness (QED) is 0.718. The van der Waals surface area contributed by atoms with Crippen molar-refractivity contribution in [1.29, 1.82) is 5.26 Å². The van der Waals surface area contributed by atoms with Crippen LogP contribution in [0.2, 0.25) is 0 Å². The van der Waals surface area contributed by atoms with Crippen molar-refractivity contribution in [1.82, 2.24) is 0 Å². The fraction of sp³-hybridized carbons (Fsp3) is 0.286. The van der Waals surface area contributed by atoms with E-state index in [1.54, 1.807) is 30.3 Å². The molecule has 0 bridgehead atoms. The molecule has 0 saturated heterocycles. The molecule has 0 heterocycles. The van der Waals surface area contributed by atoms with E-state index in [1.807, 2.05) is 19.1 Å². The predicted octanol–water partition coefficient (Wildman–Crippen LogP) is 3.00. The van der Waals surface area contributed by atoms with E-state index < -0.39 is 0 Å². The Bertz CT molecular complexity index is 872. The largest absolute Gasteiger partial charge is 0.469 e. The zero-order chi connectivity index (χ0) is 20.5. The number of hydrogen-bond donors (Lipinski definition) is 2. The molecule has 2 N–H and O–H groups in total. The van der Waals surface area contributed by atoms with Gasteiger partial charge in [-0.2, -0.15) is 5.26 Å². The van der Waals surface area contributed by atoms with Gasteiger partial charge in [0.15, 0.2) is 0 Å². The fourth-order valence-electron chi connectivity index (χ4n) is 2.70. The van der Waals surface area contributed by atoms with Crippen LogP contribution in [0.5, 0.6) is 0 Å². The number of carbonyl (C=O) groups is 2. The van der Waals surface area contributed by atoms with Crippen LogP contribution in [0.3, 0.4) is 0 Å². The fourth-order valence-corrected chi connectivity index (χ4v) is 2.70. The highest BCUT2D eigenvalue weighted by Gasteiger charge is 2.16. The Morgan fingerprint density at radius 1 is 1.21 bits per heavy atom. The molecule has 0 aliphatic carbocycles. The van der Waals surface area contributed by atoms with Gasteiger partial charge in [-0.1, -0.05) is 12.1 Å². The standard InChI is InChI=1S/C21H23N3O4/c1-15-13-17(14-22)5-9-19(15)23-21(27)24(11-12-25)18-7-3-16(4-8-18)6-10-20(26)28-2/h3-5,7-9,13,25H,6,10-12H2,1-2H3,(H,23,27). The van der Waals surface area contributed by atoms with Gasteiger partial charge in [0.1, 0.15) is 0 Å². The number of nitrogens with zero attached hydrogens (tertiary/aromatic N) is 2. The Hall–Kier alpha value is -3.37. The summed E-state index contributed by atoms with van der Waals surface area (Å²) in [7, 11) is 1.35. The van der Waals surface area contributed by atoms with Crippen LogP contribution in [-0.4, -0.2) is 37.4 Å². The van der Waals surface area contributed by atoms with Gasteiger partial charge in [0, 0.05) is 17.8 Å². The Morgan fingerprint density at radius 2 is 1.93 bits per heavy atom. The monoisotopic (exact) mass is 381 g/mol. The highest BCUT2D eigenvalue weighted by molar-refractivity contribution is 6.02. The van der Waals surface area contributed by atoms with Crippen molar-refractivity contribution in [2.45, 2.75) is 19.8 Å². The minimum Gasteiger partial charge on any atom is -0.469 e. The molecule has 0 aliphatic rings. The molecule has 0 aliphatic heterocycles. The van der Waals surface area contributed by atoms with Crippen LogP contribution >= 0.6 is 0 Å². The number of carbonyl (C=O) groups excluding carboxylic acids is 2. The normalized spacial score (nSPS) is 10.1. The summed E-state index contributed by atoms with van der Waals surface area (Å²) in [4.78, 5) is 25.4. The second-order valence-corrected chi connectivity index (χ2v) is 6.19. The van der Waals surface area contributed by atoms with Gasteiger partial charge in [-0.3, -0.25) is 9.69 Å². The summed E-state index contributed by atoms with van der Waals surface area (Å²) in [6.45, 7) is 1.75. The zero-order valence-electron chi connectivity index (χ0n) is 15.9. The summed E-state index contributed by atoms with van der Waals surface area (Å²) in [6, 6.07) is 13.9. The number of esters is 1. The SMILES string of the molecule is COC(=O)CCc1ccc(N(CCO)C(=O)Nc2ccc(C#N)cc2C)cc1. The lowest BCUT2D eigenvalue weighted by Crippen LogP contribution is -2.37. The van der Waals surface area contributed by atoms with E-state index in [9.17, 15) is 14.7 Å². The van der Waals surface area contributed by atoms with Gasteiger partial charge in [0.25, 0.3) is 0 Å². The molecule has 2 aromatic rings. The third-order valence-electron chi connectivity index (χ3n) is 4.26. The molecular weight excluding hydrogens is 358 g/mol. The van der Waals surface area contributed by atoms with Crippen LogP contribution < -0.4 is 10.2 Å². The van der Waals surface area contributed by atoms with Gasteiger partial charge in [-0.15, -0.1) is 0 Å². The maximum absolute atomic E-state index is 12.7. The van der Waals surface area contributed by atoms with Crippen molar-refractivity contribution < 1.29 is 19.4 Å². The number of benzene rings is 2. The molecule has 2 rings (SSSR count). The average molecular weight is 381 g/mol. The summed E-state index contributed by atoms with van der Waals surface area (Å²) in [5.74, 6) is -0.275. The predicted molar refractivity (Wildman–Crippen MR) is 106 cm³/mol. The van der Waals surface area contributed by atoms with Crippen LogP contribution in [0.15, 0.2) is 42.5 Å². The molecule has 7 nitrogen and oxygen atoms in total. The van der Waals surface area contributed by atoms with Crippen LogP contribution in [0.25, 0.3) is 0 Å².